The standard InChI is InChI=1S/C25H24FN5O3/c26-19-8-6-18(7-9-19)20-14-27-23-22(20)28-25(34)31(24(23)33)16-21(32)30-12-10-29(11-13-30)15-17-4-2-1-3-5-17/h1-9,14,27H,10-13,15-16H2,(H,28,34). The molecule has 1 amide bonds. The smallest absolute Gasteiger partial charge is 0.329 e. The first-order valence-electron chi connectivity index (χ1n) is 11.1. The Balaban J connectivity index is 1.30. The van der Waals surface area contributed by atoms with Gasteiger partial charge in [-0.15, -0.1) is 0 Å². The lowest BCUT2D eigenvalue weighted by Gasteiger charge is -2.34. The summed E-state index contributed by atoms with van der Waals surface area (Å²) < 4.78 is 14.2. The second-order valence-corrected chi connectivity index (χ2v) is 8.42. The lowest BCUT2D eigenvalue weighted by molar-refractivity contribution is -0.133. The molecule has 0 saturated carbocycles. The molecule has 174 valence electrons. The van der Waals surface area contributed by atoms with E-state index in [0.29, 0.717) is 29.7 Å². The molecule has 8 nitrogen and oxygen atoms in total. The Labute approximate surface area is 194 Å². The minimum Gasteiger partial charge on any atom is -0.355 e. The fraction of sp³-hybridized carbons (Fsp3) is 0.240. The van der Waals surface area contributed by atoms with Gasteiger partial charge in [0.15, 0.2) is 0 Å². The second-order valence-electron chi connectivity index (χ2n) is 8.42. The molecule has 0 aliphatic carbocycles. The zero-order valence-corrected chi connectivity index (χ0v) is 18.5. The number of rotatable bonds is 5. The highest BCUT2D eigenvalue weighted by Gasteiger charge is 2.23. The number of benzene rings is 2. The predicted molar refractivity (Wildman–Crippen MR) is 127 cm³/mol. The Kier molecular flexibility index (Phi) is 5.85. The molecule has 0 radical (unpaired) electrons. The Hall–Kier alpha value is -3.98. The van der Waals surface area contributed by atoms with Crippen LogP contribution < -0.4 is 11.2 Å². The van der Waals surface area contributed by atoms with Crippen molar-refractivity contribution in [1.29, 1.82) is 0 Å². The minimum atomic E-state index is -0.656. The van der Waals surface area contributed by atoms with Gasteiger partial charge in [-0.3, -0.25) is 14.5 Å². The number of hydrogen-bond acceptors (Lipinski definition) is 4. The Morgan fingerprint density at radius 1 is 0.912 bits per heavy atom. The first-order chi connectivity index (χ1) is 16.5. The van der Waals surface area contributed by atoms with Gasteiger partial charge < -0.3 is 14.9 Å². The average Bonchev–Trinajstić information content (AvgIpc) is 3.27. The lowest BCUT2D eigenvalue weighted by Crippen LogP contribution is -2.50. The number of piperazine rings is 1. The van der Waals surface area contributed by atoms with Crippen LogP contribution in [0.2, 0.25) is 0 Å². The van der Waals surface area contributed by atoms with Crippen molar-refractivity contribution in [2.75, 3.05) is 26.2 Å². The predicted octanol–water partition coefficient (Wildman–Crippen LogP) is 2.17. The number of hydrogen-bond donors (Lipinski definition) is 2. The molecule has 34 heavy (non-hydrogen) atoms. The molecule has 3 heterocycles. The summed E-state index contributed by atoms with van der Waals surface area (Å²) in [5, 5.41) is 0. The zero-order valence-electron chi connectivity index (χ0n) is 18.5. The van der Waals surface area contributed by atoms with E-state index in [1.165, 1.54) is 17.7 Å². The summed E-state index contributed by atoms with van der Waals surface area (Å²) in [6.45, 7) is 3.02. The maximum Gasteiger partial charge on any atom is 0.329 e. The van der Waals surface area contributed by atoms with E-state index in [1.807, 2.05) is 18.2 Å². The number of aromatic nitrogens is 3. The van der Waals surface area contributed by atoms with Gasteiger partial charge in [0.2, 0.25) is 5.91 Å². The minimum absolute atomic E-state index is 0.194. The van der Waals surface area contributed by atoms with Crippen molar-refractivity contribution in [1.82, 2.24) is 24.3 Å². The summed E-state index contributed by atoms with van der Waals surface area (Å²) in [4.78, 5) is 48.2. The van der Waals surface area contributed by atoms with Gasteiger partial charge in [-0.25, -0.2) is 13.8 Å². The number of amides is 1. The molecule has 9 heteroatoms. The maximum atomic E-state index is 13.3. The van der Waals surface area contributed by atoms with Crippen LogP contribution in [0.5, 0.6) is 0 Å². The van der Waals surface area contributed by atoms with Crippen molar-refractivity contribution in [3.63, 3.8) is 0 Å². The molecule has 2 N–H and O–H groups in total. The van der Waals surface area contributed by atoms with Crippen molar-refractivity contribution in [2.24, 2.45) is 0 Å². The Morgan fingerprint density at radius 3 is 2.32 bits per heavy atom. The van der Waals surface area contributed by atoms with E-state index in [9.17, 15) is 18.8 Å². The summed E-state index contributed by atoms with van der Waals surface area (Å²) in [6.07, 6.45) is 1.59. The normalized spacial score (nSPS) is 14.6. The van der Waals surface area contributed by atoms with Crippen molar-refractivity contribution in [2.45, 2.75) is 13.1 Å². The van der Waals surface area contributed by atoms with Crippen molar-refractivity contribution >= 4 is 16.9 Å². The fourth-order valence-corrected chi connectivity index (χ4v) is 4.36. The molecule has 1 aliphatic rings. The molecule has 5 rings (SSSR count). The molecule has 1 saturated heterocycles. The largest absolute Gasteiger partial charge is 0.355 e. The van der Waals surface area contributed by atoms with E-state index in [-0.39, 0.29) is 23.8 Å². The van der Waals surface area contributed by atoms with Crippen LogP contribution in [0.1, 0.15) is 5.56 Å². The molecule has 0 atom stereocenters. The summed E-state index contributed by atoms with van der Waals surface area (Å²) in [6, 6.07) is 15.9. The quantitative estimate of drug-likeness (QED) is 0.476. The highest BCUT2D eigenvalue weighted by molar-refractivity contribution is 5.91. The summed E-state index contributed by atoms with van der Waals surface area (Å²) >= 11 is 0. The average molecular weight is 461 g/mol. The zero-order chi connectivity index (χ0) is 23.7. The lowest BCUT2D eigenvalue weighted by atomic mass is 10.1. The van der Waals surface area contributed by atoms with Crippen LogP contribution in [-0.2, 0) is 17.9 Å². The molecule has 2 aromatic heterocycles. The molecule has 2 aromatic carbocycles. The van der Waals surface area contributed by atoms with E-state index in [1.54, 1.807) is 23.2 Å². The SMILES string of the molecule is O=C(Cn1c(=O)[nH]c2c(-c3ccc(F)cc3)c[nH]c2c1=O)N1CCN(Cc2ccccc2)CC1. The third-order valence-electron chi connectivity index (χ3n) is 6.24. The third kappa shape index (κ3) is 4.29. The summed E-state index contributed by atoms with van der Waals surface area (Å²) in [5.41, 5.74) is 1.76. The van der Waals surface area contributed by atoms with Crippen LogP contribution in [0, 0.1) is 5.82 Å². The highest BCUT2D eigenvalue weighted by atomic mass is 19.1. The first kappa shape index (κ1) is 21.8. The summed E-state index contributed by atoms with van der Waals surface area (Å²) in [5.74, 6) is -0.643. The third-order valence-corrected chi connectivity index (χ3v) is 6.24. The molecule has 4 aromatic rings. The maximum absolute atomic E-state index is 13.3. The number of halogens is 1. The molecular weight excluding hydrogens is 437 g/mol. The molecule has 0 bridgehead atoms. The molecule has 1 aliphatic heterocycles. The number of nitrogens with zero attached hydrogens (tertiary/aromatic N) is 3. The van der Waals surface area contributed by atoms with Crippen molar-refractivity contribution < 1.29 is 9.18 Å². The monoisotopic (exact) mass is 461 g/mol. The fourth-order valence-electron chi connectivity index (χ4n) is 4.36. The molecule has 0 spiro atoms. The van der Waals surface area contributed by atoms with E-state index in [2.05, 4.69) is 27.0 Å². The molecular formula is C25H24FN5O3. The van der Waals surface area contributed by atoms with Gasteiger partial charge in [0.1, 0.15) is 17.9 Å². The van der Waals surface area contributed by atoms with Crippen LogP contribution in [0.15, 0.2) is 70.4 Å². The Bertz CT molecular complexity index is 1430. The van der Waals surface area contributed by atoms with Gasteiger partial charge in [-0.1, -0.05) is 42.5 Å². The van der Waals surface area contributed by atoms with Crippen LogP contribution in [0.3, 0.4) is 0 Å². The first-order valence-corrected chi connectivity index (χ1v) is 11.1. The van der Waals surface area contributed by atoms with E-state index >= 15 is 0 Å². The number of H-pyrrole nitrogens is 2. The molecule has 1 fully saturated rings. The topological polar surface area (TPSA) is 94.2 Å². The van der Waals surface area contributed by atoms with E-state index in [4.69, 9.17) is 0 Å². The van der Waals surface area contributed by atoms with E-state index in [0.717, 1.165) is 24.2 Å². The van der Waals surface area contributed by atoms with Crippen molar-refractivity contribution in [3.05, 3.63) is 93.0 Å². The van der Waals surface area contributed by atoms with Crippen LogP contribution in [0.25, 0.3) is 22.2 Å². The van der Waals surface area contributed by atoms with Gasteiger partial charge in [-0.05, 0) is 23.3 Å². The number of aromatic amines is 2. The van der Waals surface area contributed by atoms with Gasteiger partial charge in [0.25, 0.3) is 5.56 Å². The van der Waals surface area contributed by atoms with Crippen LogP contribution >= 0.6 is 0 Å². The molecule has 0 unspecified atom stereocenters. The van der Waals surface area contributed by atoms with Gasteiger partial charge in [0.05, 0.1) is 5.52 Å². The number of nitrogens with one attached hydrogen (secondary N) is 2. The van der Waals surface area contributed by atoms with Gasteiger partial charge in [0, 0.05) is 44.5 Å². The van der Waals surface area contributed by atoms with Crippen molar-refractivity contribution in [3.8, 4) is 11.1 Å². The Morgan fingerprint density at radius 2 is 1.62 bits per heavy atom. The summed E-state index contributed by atoms with van der Waals surface area (Å²) in [7, 11) is 0. The number of carbonyl (C=O) groups excluding carboxylic acids is 1. The van der Waals surface area contributed by atoms with Gasteiger partial charge in [-0.2, -0.15) is 0 Å². The number of fused-ring (bicyclic) bond motifs is 1. The highest BCUT2D eigenvalue weighted by Crippen LogP contribution is 2.25. The van der Waals surface area contributed by atoms with Crippen LogP contribution in [-0.4, -0.2) is 56.4 Å². The van der Waals surface area contributed by atoms with Crippen LogP contribution in [0.4, 0.5) is 4.39 Å². The second kappa shape index (κ2) is 9.11. The number of carbonyl (C=O) groups is 1. The van der Waals surface area contributed by atoms with Gasteiger partial charge >= 0.3 is 5.69 Å². The van der Waals surface area contributed by atoms with E-state index < -0.39 is 11.2 Å².